The first-order valence-electron chi connectivity index (χ1n) is 6.31. The van der Waals surface area contributed by atoms with E-state index in [-0.39, 0.29) is 17.5 Å². The molecule has 1 unspecified atom stereocenters. The maximum Gasteiger partial charge on any atom is 0.255 e. The molecular formula is C13H20FN3O2. The van der Waals surface area contributed by atoms with Crippen molar-refractivity contribution in [1.82, 2.24) is 10.3 Å². The van der Waals surface area contributed by atoms with Crippen LogP contribution in [0, 0.1) is 5.82 Å². The standard InChI is InChI=1S/C13H20FN3O2/c1-4-10(8-19-3)17-13(18)11-6-9(14)7-16-12(11)15-5-2/h6-7,10H,4-5,8H2,1-3H3,(H,15,16)(H,17,18). The van der Waals surface area contributed by atoms with Gasteiger partial charge in [-0.3, -0.25) is 4.79 Å². The number of nitrogens with one attached hydrogen (secondary N) is 2. The number of carbonyl (C=O) groups excluding carboxylic acids is 1. The van der Waals surface area contributed by atoms with Gasteiger partial charge in [-0.05, 0) is 19.4 Å². The first-order valence-corrected chi connectivity index (χ1v) is 6.31. The van der Waals surface area contributed by atoms with E-state index in [4.69, 9.17) is 4.74 Å². The van der Waals surface area contributed by atoms with Crippen molar-refractivity contribution in [2.45, 2.75) is 26.3 Å². The van der Waals surface area contributed by atoms with Gasteiger partial charge in [-0.15, -0.1) is 0 Å². The SMILES string of the molecule is CCNc1ncc(F)cc1C(=O)NC(CC)COC. The number of methoxy groups -OCH3 is 1. The fraction of sp³-hybridized carbons (Fsp3) is 0.538. The summed E-state index contributed by atoms with van der Waals surface area (Å²) in [7, 11) is 1.57. The van der Waals surface area contributed by atoms with Crippen molar-refractivity contribution in [3.8, 4) is 0 Å². The summed E-state index contributed by atoms with van der Waals surface area (Å²) in [5, 5.41) is 5.74. The molecule has 19 heavy (non-hydrogen) atoms. The van der Waals surface area contributed by atoms with Gasteiger partial charge in [0.1, 0.15) is 11.6 Å². The lowest BCUT2D eigenvalue weighted by Crippen LogP contribution is -2.38. The second-order valence-corrected chi connectivity index (χ2v) is 4.11. The molecule has 106 valence electrons. The third-order valence-electron chi connectivity index (χ3n) is 2.64. The Morgan fingerprint density at radius 1 is 1.53 bits per heavy atom. The predicted octanol–water partition coefficient (Wildman–Crippen LogP) is 1.81. The molecule has 5 nitrogen and oxygen atoms in total. The van der Waals surface area contributed by atoms with Gasteiger partial charge in [0.2, 0.25) is 0 Å². The van der Waals surface area contributed by atoms with E-state index >= 15 is 0 Å². The second kappa shape index (κ2) is 7.68. The summed E-state index contributed by atoms with van der Waals surface area (Å²) in [4.78, 5) is 16.0. The third kappa shape index (κ3) is 4.48. The summed E-state index contributed by atoms with van der Waals surface area (Å²) >= 11 is 0. The van der Waals surface area contributed by atoms with E-state index in [0.717, 1.165) is 12.6 Å². The zero-order valence-electron chi connectivity index (χ0n) is 11.5. The molecule has 1 rings (SSSR count). The lowest BCUT2D eigenvalue weighted by Gasteiger charge is -2.17. The first-order chi connectivity index (χ1) is 9.12. The quantitative estimate of drug-likeness (QED) is 0.792. The molecule has 0 aliphatic heterocycles. The van der Waals surface area contributed by atoms with Gasteiger partial charge in [-0.25, -0.2) is 9.37 Å². The molecule has 0 saturated carbocycles. The van der Waals surface area contributed by atoms with Crippen LogP contribution in [-0.4, -0.2) is 37.2 Å². The van der Waals surface area contributed by atoms with Crippen molar-refractivity contribution in [3.63, 3.8) is 0 Å². The van der Waals surface area contributed by atoms with Crippen LogP contribution in [0.4, 0.5) is 10.2 Å². The van der Waals surface area contributed by atoms with Crippen LogP contribution < -0.4 is 10.6 Å². The molecule has 1 atom stereocenters. The summed E-state index contributed by atoms with van der Waals surface area (Å²) in [5.41, 5.74) is 0.205. The topological polar surface area (TPSA) is 63.2 Å². The molecule has 0 bridgehead atoms. The summed E-state index contributed by atoms with van der Waals surface area (Å²) in [5.74, 6) is -0.507. The molecule has 1 aromatic heterocycles. The molecule has 0 aromatic carbocycles. The molecule has 0 saturated heterocycles. The van der Waals surface area contributed by atoms with Gasteiger partial charge >= 0.3 is 0 Å². The van der Waals surface area contributed by atoms with Crippen molar-refractivity contribution in [2.75, 3.05) is 25.6 Å². The van der Waals surface area contributed by atoms with Crippen LogP contribution in [0.25, 0.3) is 0 Å². The Labute approximate surface area is 112 Å². The third-order valence-corrected chi connectivity index (χ3v) is 2.64. The molecule has 1 heterocycles. The van der Waals surface area contributed by atoms with Crippen molar-refractivity contribution in [2.24, 2.45) is 0 Å². The van der Waals surface area contributed by atoms with Crippen LogP contribution in [0.2, 0.25) is 0 Å². The maximum absolute atomic E-state index is 13.2. The Morgan fingerprint density at radius 2 is 2.26 bits per heavy atom. The van der Waals surface area contributed by atoms with E-state index in [0.29, 0.717) is 19.0 Å². The minimum absolute atomic E-state index is 0.102. The highest BCUT2D eigenvalue weighted by Gasteiger charge is 2.17. The maximum atomic E-state index is 13.2. The number of anilines is 1. The normalized spacial score (nSPS) is 12.0. The predicted molar refractivity (Wildman–Crippen MR) is 71.8 cm³/mol. The fourth-order valence-corrected chi connectivity index (χ4v) is 1.65. The molecule has 2 N–H and O–H groups in total. The number of aromatic nitrogens is 1. The second-order valence-electron chi connectivity index (χ2n) is 4.11. The lowest BCUT2D eigenvalue weighted by molar-refractivity contribution is 0.0894. The zero-order chi connectivity index (χ0) is 14.3. The minimum Gasteiger partial charge on any atom is -0.383 e. The van der Waals surface area contributed by atoms with E-state index in [1.165, 1.54) is 6.07 Å². The molecule has 6 heteroatoms. The number of rotatable bonds is 7. The monoisotopic (exact) mass is 269 g/mol. The average molecular weight is 269 g/mol. The summed E-state index contributed by atoms with van der Waals surface area (Å²) in [6.45, 7) is 4.85. The van der Waals surface area contributed by atoms with Crippen LogP contribution in [-0.2, 0) is 4.74 Å². The van der Waals surface area contributed by atoms with Crippen molar-refractivity contribution in [3.05, 3.63) is 23.6 Å². The zero-order valence-corrected chi connectivity index (χ0v) is 11.5. The van der Waals surface area contributed by atoms with Crippen LogP contribution in [0.5, 0.6) is 0 Å². The minimum atomic E-state index is -0.536. The van der Waals surface area contributed by atoms with E-state index in [1.54, 1.807) is 7.11 Å². The molecule has 1 amide bonds. The highest BCUT2D eigenvalue weighted by molar-refractivity contribution is 5.98. The Bertz CT molecular complexity index is 426. The molecule has 0 aliphatic carbocycles. The van der Waals surface area contributed by atoms with Gasteiger partial charge in [0.25, 0.3) is 5.91 Å². The summed E-state index contributed by atoms with van der Waals surface area (Å²) in [6.07, 6.45) is 1.82. The Balaban J connectivity index is 2.87. The van der Waals surface area contributed by atoms with Gasteiger partial charge in [0.15, 0.2) is 0 Å². The largest absolute Gasteiger partial charge is 0.383 e. The van der Waals surface area contributed by atoms with Crippen molar-refractivity contribution >= 4 is 11.7 Å². The van der Waals surface area contributed by atoms with E-state index in [1.807, 2.05) is 13.8 Å². The number of hydrogen-bond acceptors (Lipinski definition) is 4. The van der Waals surface area contributed by atoms with Crippen LogP contribution in [0.1, 0.15) is 30.6 Å². The van der Waals surface area contributed by atoms with Crippen LogP contribution in [0.15, 0.2) is 12.3 Å². The molecular weight excluding hydrogens is 249 g/mol. The Kier molecular flexibility index (Phi) is 6.21. The van der Waals surface area contributed by atoms with E-state index in [9.17, 15) is 9.18 Å². The van der Waals surface area contributed by atoms with Crippen molar-refractivity contribution < 1.29 is 13.9 Å². The van der Waals surface area contributed by atoms with Crippen LogP contribution in [0.3, 0.4) is 0 Å². The van der Waals surface area contributed by atoms with E-state index in [2.05, 4.69) is 15.6 Å². The number of carbonyl (C=O) groups is 1. The number of halogens is 1. The summed E-state index contributed by atoms with van der Waals surface area (Å²) in [6, 6.07) is 1.08. The summed E-state index contributed by atoms with van der Waals surface area (Å²) < 4.78 is 18.2. The molecule has 0 spiro atoms. The smallest absolute Gasteiger partial charge is 0.255 e. The number of amides is 1. The fourth-order valence-electron chi connectivity index (χ4n) is 1.65. The van der Waals surface area contributed by atoms with Gasteiger partial charge in [0.05, 0.1) is 24.4 Å². The number of hydrogen-bond donors (Lipinski definition) is 2. The molecule has 0 aliphatic rings. The highest BCUT2D eigenvalue weighted by Crippen LogP contribution is 2.13. The number of ether oxygens (including phenoxy) is 1. The van der Waals surface area contributed by atoms with Crippen molar-refractivity contribution in [1.29, 1.82) is 0 Å². The van der Waals surface area contributed by atoms with E-state index < -0.39 is 5.82 Å². The van der Waals surface area contributed by atoms with Gasteiger partial charge in [-0.1, -0.05) is 6.92 Å². The van der Waals surface area contributed by atoms with Gasteiger partial charge in [-0.2, -0.15) is 0 Å². The molecule has 1 aromatic rings. The van der Waals surface area contributed by atoms with Gasteiger partial charge in [0, 0.05) is 13.7 Å². The lowest BCUT2D eigenvalue weighted by atomic mass is 10.2. The average Bonchev–Trinajstić information content (AvgIpc) is 2.40. The van der Waals surface area contributed by atoms with Crippen LogP contribution >= 0.6 is 0 Å². The molecule has 0 radical (unpaired) electrons. The molecule has 0 fully saturated rings. The van der Waals surface area contributed by atoms with Gasteiger partial charge < -0.3 is 15.4 Å². The Morgan fingerprint density at radius 3 is 2.84 bits per heavy atom. The number of pyridine rings is 1. The Hall–Kier alpha value is -1.69. The first kappa shape index (κ1) is 15.4. The highest BCUT2D eigenvalue weighted by atomic mass is 19.1. The number of nitrogens with zero attached hydrogens (tertiary/aromatic N) is 1.